The van der Waals surface area contributed by atoms with Crippen LogP contribution in [0.1, 0.15) is 134 Å². The Morgan fingerprint density at radius 1 is 0.820 bits per heavy atom. The fourth-order valence-electron chi connectivity index (χ4n) is 7.16. The molecule has 1 heterocycles. The van der Waals surface area contributed by atoms with Gasteiger partial charge in [-0.25, -0.2) is 4.79 Å². The first-order chi connectivity index (χ1) is 24.0. The molecule has 7 heteroatoms. The summed E-state index contributed by atoms with van der Waals surface area (Å²) in [5.41, 5.74) is 2.31. The van der Waals surface area contributed by atoms with E-state index in [4.69, 9.17) is 14.2 Å². The van der Waals surface area contributed by atoms with Crippen LogP contribution in [0, 0.1) is 12.3 Å². The number of nitrogens with one attached hydrogen (secondary N) is 1. The van der Waals surface area contributed by atoms with E-state index in [1.54, 1.807) is 0 Å². The molecule has 2 aromatic carbocycles. The molecule has 1 fully saturated rings. The number of methoxy groups -OCH3 is 1. The minimum absolute atomic E-state index is 0.136. The molecule has 0 radical (unpaired) electrons. The smallest absolute Gasteiger partial charge is 0.407 e. The number of ether oxygens (including phenoxy) is 3. The molecule has 0 saturated carbocycles. The van der Waals surface area contributed by atoms with Crippen LogP contribution in [0.5, 0.6) is 5.75 Å². The van der Waals surface area contributed by atoms with Crippen molar-refractivity contribution in [2.45, 2.75) is 149 Å². The normalized spacial score (nSPS) is 15.3. The zero-order valence-corrected chi connectivity index (χ0v) is 32.3. The van der Waals surface area contributed by atoms with Gasteiger partial charge in [0.15, 0.2) is 0 Å². The maximum absolute atomic E-state index is 13.2. The summed E-state index contributed by atoms with van der Waals surface area (Å²) in [5, 5.41) is 3.17. The molecule has 1 N–H and O–H groups in total. The minimum atomic E-state index is -0.593. The number of aryl methyl sites for hydroxylation is 1. The molecular formula is C43H68N2O5. The molecule has 1 atom stereocenters. The number of hydrogen-bond donors (Lipinski definition) is 1. The van der Waals surface area contributed by atoms with Crippen molar-refractivity contribution in [3.63, 3.8) is 0 Å². The standard InChI is InChI=1S/C43H68N2O5/c1-7-8-9-10-11-12-13-14-15-16-17-22-31-49-39-26-21-20-24-36(39)32-38(44-41(47)50-42(3,4)5)34-45-29-27-43(28-30-45,40(46)48-6)33-37-25-19-18-23-35(37)2/h18-21,23-26,38H,7-17,22,27-34H2,1-6H3,(H,44,47)/t38-/m1/s1. The molecule has 1 amide bonds. The number of hydrogen-bond acceptors (Lipinski definition) is 6. The number of benzene rings is 2. The van der Waals surface area contributed by atoms with Crippen LogP contribution in [-0.2, 0) is 27.1 Å². The maximum Gasteiger partial charge on any atom is 0.407 e. The number of rotatable bonds is 22. The summed E-state index contributed by atoms with van der Waals surface area (Å²) < 4.78 is 17.4. The molecule has 280 valence electrons. The number of carbonyl (C=O) groups is 2. The lowest BCUT2D eigenvalue weighted by atomic mass is 9.73. The lowest BCUT2D eigenvalue weighted by Crippen LogP contribution is -2.51. The first-order valence-corrected chi connectivity index (χ1v) is 19.6. The van der Waals surface area contributed by atoms with Crippen molar-refractivity contribution in [1.82, 2.24) is 10.2 Å². The first kappa shape index (κ1) is 41.4. The minimum Gasteiger partial charge on any atom is -0.493 e. The Bertz CT molecular complexity index is 1260. The quantitative estimate of drug-likeness (QED) is 0.0978. The summed E-state index contributed by atoms with van der Waals surface area (Å²) in [5.74, 6) is 0.747. The van der Waals surface area contributed by atoms with Crippen LogP contribution in [0.15, 0.2) is 48.5 Å². The maximum atomic E-state index is 13.2. The van der Waals surface area contributed by atoms with E-state index in [0.717, 1.165) is 30.8 Å². The number of amides is 1. The van der Waals surface area contributed by atoms with Crippen LogP contribution < -0.4 is 10.1 Å². The highest BCUT2D eigenvalue weighted by atomic mass is 16.6. The van der Waals surface area contributed by atoms with Crippen LogP contribution in [-0.4, -0.2) is 62.0 Å². The number of carbonyl (C=O) groups excluding carboxylic acids is 2. The number of alkyl carbamates (subject to hydrolysis) is 1. The van der Waals surface area contributed by atoms with Crippen LogP contribution in [0.2, 0.25) is 0 Å². The van der Waals surface area contributed by atoms with Crippen molar-refractivity contribution in [3.8, 4) is 5.75 Å². The van der Waals surface area contributed by atoms with E-state index in [2.05, 4.69) is 42.3 Å². The highest BCUT2D eigenvalue weighted by Crippen LogP contribution is 2.37. The third kappa shape index (κ3) is 15.0. The van der Waals surface area contributed by atoms with Gasteiger partial charge in [0.05, 0.1) is 19.1 Å². The molecule has 0 aliphatic carbocycles. The summed E-state index contributed by atoms with van der Waals surface area (Å²) in [6.45, 7) is 12.8. The number of nitrogens with zero attached hydrogens (tertiary/aromatic N) is 1. The number of esters is 1. The largest absolute Gasteiger partial charge is 0.493 e. The molecule has 0 aromatic heterocycles. The molecular weight excluding hydrogens is 624 g/mol. The Hall–Kier alpha value is -3.06. The van der Waals surface area contributed by atoms with E-state index >= 15 is 0 Å². The second kappa shape index (κ2) is 22.0. The van der Waals surface area contributed by atoms with Crippen molar-refractivity contribution >= 4 is 12.1 Å². The van der Waals surface area contributed by atoms with Gasteiger partial charge < -0.3 is 24.4 Å². The van der Waals surface area contributed by atoms with Crippen LogP contribution >= 0.6 is 0 Å². The zero-order chi connectivity index (χ0) is 36.2. The van der Waals surface area contributed by atoms with Gasteiger partial charge in [-0.1, -0.05) is 120 Å². The van der Waals surface area contributed by atoms with Gasteiger partial charge in [-0.3, -0.25) is 4.79 Å². The fraction of sp³-hybridized carbons (Fsp3) is 0.674. The summed E-state index contributed by atoms with van der Waals surface area (Å²) in [4.78, 5) is 28.6. The lowest BCUT2D eigenvalue weighted by molar-refractivity contribution is -0.156. The Kier molecular flexibility index (Phi) is 18.2. The SMILES string of the molecule is CCCCCCCCCCCCCCOc1ccccc1C[C@H](CN1CCC(Cc2ccccc2C)(C(=O)OC)CC1)NC(=O)OC(C)(C)C. The van der Waals surface area contributed by atoms with Gasteiger partial charge >= 0.3 is 12.1 Å². The molecule has 0 spiro atoms. The summed E-state index contributed by atoms with van der Waals surface area (Å²) in [7, 11) is 1.49. The predicted octanol–water partition coefficient (Wildman–Crippen LogP) is 10.0. The van der Waals surface area contributed by atoms with E-state index in [9.17, 15) is 9.59 Å². The fourth-order valence-corrected chi connectivity index (χ4v) is 7.16. The Labute approximate surface area is 304 Å². The molecule has 1 saturated heterocycles. The predicted molar refractivity (Wildman–Crippen MR) is 205 cm³/mol. The van der Waals surface area contributed by atoms with E-state index in [0.29, 0.717) is 38.8 Å². The molecule has 2 aromatic rings. The monoisotopic (exact) mass is 693 g/mol. The van der Waals surface area contributed by atoms with Gasteiger partial charge in [-0.2, -0.15) is 0 Å². The third-order valence-corrected chi connectivity index (χ3v) is 10.1. The zero-order valence-electron chi connectivity index (χ0n) is 32.3. The number of likely N-dealkylation sites (tertiary alicyclic amines) is 1. The van der Waals surface area contributed by atoms with Gasteiger partial charge in [0, 0.05) is 12.6 Å². The van der Waals surface area contributed by atoms with Crippen molar-refractivity contribution in [2.75, 3.05) is 33.4 Å². The summed E-state index contributed by atoms with van der Waals surface area (Å²) in [6, 6.07) is 16.3. The Morgan fingerprint density at radius 2 is 1.38 bits per heavy atom. The van der Waals surface area contributed by atoms with Gasteiger partial charge in [-0.15, -0.1) is 0 Å². The van der Waals surface area contributed by atoms with Gasteiger partial charge in [0.25, 0.3) is 0 Å². The molecule has 1 aliphatic heterocycles. The second-order valence-corrected chi connectivity index (χ2v) is 15.6. The Morgan fingerprint density at radius 3 is 1.96 bits per heavy atom. The number of piperidine rings is 1. The lowest BCUT2D eigenvalue weighted by Gasteiger charge is -2.41. The summed E-state index contributed by atoms with van der Waals surface area (Å²) in [6.07, 6.45) is 18.1. The van der Waals surface area contributed by atoms with Crippen molar-refractivity contribution in [3.05, 3.63) is 65.2 Å². The van der Waals surface area contributed by atoms with E-state index in [1.807, 2.05) is 51.1 Å². The highest BCUT2D eigenvalue weighted by molar-refractivity contribution is 5.77. The van der Waals surface area contributed by atoms with E-state index < -0.39 is 17.1 Å². The van der Waals surface area contributed by atoms with Gasteiger partial charge in [-0.05, 0) is 95.6 Å². The topological polar surface area (TPSA) is 77.1 Å². The summed E-state index contributed by atoms with van der Waals surface area (Å²) >= 11 is 0. The van der Waals surface area contributed by atoms with Crippen molar-refractivity contribution < 1.29 is 23.8 Å². The third-order valence-electron chi connectivity index (χ3n) is 10.1. The molecule has 50 heavy (non-hydrogen) atoms. The van der Waals surface area contributed by atoms with E-state index in [1.165, 1.54) is 88.9 Å². The first-order valence-electron chi connectivity index (χ1n) is 19.6. The average Bonchev–Trinajstić information content (AvgIpc) is 3.08. The van der Waals surface area contributed by atoms with Crippen molar-refractivity contribution in [2.24, 2.45) is 5.41 Å². The second-order valence-electron chi connectivity index (χ2n) is 15.6. The van der Waals surface area contributed by atoms with Crippen LogP contribution in [0.25, 0.3) is 0 Å². The Balaban J connectivity index is 1.55. The van der Waals surface area contributed by atoms with Crippen molar-refractivity contribution in [1.29, 1.82) is 0 Å². The van der Waals surface area contributed by atoms with Gasteiger partial charge in [0.2, 0.25) is 0 Å². The highest BCUT2D eigenvalue weighted by Gasteiger charge is 2.43. The molecule has 1 aliphatic rings. The average molecular weight is 693 g/mol. The number of unbranched alkanes of at least 4 members (excludes halogenated alkanes) is 11. The van der Waals surface area contributed by atoms with Crippen LogP contribution in [0.3, 0.4) is 0 Å². The van der Waals surface area contributed by atoms with E-state index in [-0.39, 0.29) is 12.0 Å². The molecule has 0 unspecified atom stereocenters. The van der Waals surface area contributed by atoms with Gasteiger partial charge in [0.1, 0.15) is 11.4 Å². The number of para-hydroxylation sites is 1. The van der Waals surface area contributed by atoms with Crippen LogP contribution in [0.4, 0.5) is 4.79 Å². The molecule has 7 nitrogen and oxygen atoms in total. The molecule has 0 bridgehead atoms. The molecule has 3 rings (SSSR count).